The molecule has 8 heteroatoms. The van der Waals surface area contributed by atoms with Crippen molar-refractivity contribution in [2.45, 2.75) is 161 Å². The number of carboxylic acids is 1. The number of carbonyl (C=O) groups is 3. The average Bonchev–Trinajstić information content (AvgIpc) is 3.23. The van der Waals surface area contributed by atoms with Crippen molar-refractivity contribution in [2.75, 3.05) is 41.0 Å². The first-order chi connectivity index (χ1) is 30.1. The first kappa shape index (κ1) is 57.7. The Balaban J connectivity index is 4.38. The highest BCUT2D eigenvalue weighted by Gasteiger charge is 2.31. The molecule has 0 fully saturated rings. The van der Waals surface area contributed by atoms with Crippen LogP contribution < -0.4 is 0 Å². The molecule has 0 heterocycles. The minimum absolute atomic E-state index is 0.0310. The van der Waals surface area contributed by atoms with Crippen LogP contribution in [0.3, 0.4) is 0 Å². The van der Waals surface area contributed by atoms with E-state index in [2.05, 4.69) is 86.8 Å². The number of quaternary nitrogens is 1. The Morgan fingerprint density at radius 1 is 0.500 bits per heavy atom. The van der Waals surface area contributed by atoms with Crippen LogP contribution in [0.5, 0.6) is 0 Å². The molecule has 0 saturated carbocycles. The van der Waals surface area contributed by atoms with Crippen molar-refractivity contribution < 1.29 is 38.2 Å². The number of hydrogen-bond acceptors (Lipinski definition) is 6. The van der Waals surface area contributed by atoms with E-state index in [0.29, 0.717) is 19.3 Å². The van der Waals surface area contributed by atoms with Gasteiger partial charge in [-0.2, -0.15) is 0 Å². The molecule has 0 aliphatic heterocycles. The van der Waals surface area contributed by atoms with Gasteiger partial charge in [-0.05, 0) is 77.0 Å². The third-order valence-electron chi connectivity index (χ3n) is 9.73. The standard InChI is InChI=1S/C54H85NO7/c1-6-8-10-12-14-16-18-20-22-23-24-25-26-27-28-29-31-32-34-36-38-40-42-44-52(56)61-49-50(48-60-47-46-51(54(58)59)55(3,4)5)62-53(57)45-43-41-39-37-35-33-30-21-19-17-15-13-11-9-7-2/h8-11,13-17,19-22,24-25,27-28,30,33,35,50-51H,6-7,12,18,23,26,29,31-32,34,36-49H2,1-5H3/p+1/b10-8+,11-9+,15-13+,16-14+,19-17+,22-20+,25-24+,28-27+,30-21+,35-33+. The summed E-state index contributed by atoms with van der Waals surface area (Å²) in [6.07, 6.45) is 61.0. The molecule has 2 unspecified atom stereocenters. The molecule has 2 atom stereocenters. The number of aliphatic carboxylic acids is 1. The maximum absolute atomic E-state index is 12.7. The van der Waals surface area contributed by atoms with E-state index in [1.165, 1.54) is 19.3 Å². The summed E-state index contributed by atoms with van der Waals surface area (Å²) in [6.45, 7) is 4.39. The molecule has 348 valence electrons. The summed E-state index contributed by atoms with van der Waals surface area (Å²) in [7, 11) is 5.49. The van der Waals surface area contributed by atoms with Gasteiger partial charge in [0.1, 0.15) is 6.61 Å². The SMILES string of the molecule is CC/C=C/C=C/C=C/C=C/C=C/CCCCCC(=O)OC(COCCC(C(=O)O)[N+](C)(C)C)COC(=O)CCCCCCCCC/C=C/C/C=C/C/C=C/C/C=C/C/C=C/CC. The normalized spacial score (nSPS) is 14.0. The molecular formula is C54H86NO7+. The third-order valence-corrected chi connectivity index (χ3v) is 9.73. The number of carboxylic acid groups (broad SMARTS) is 1. The summed E-state index contributed by atoms with van der Waals surface area (Å²) in [4.78, 5) is 37.1. The van der Waals surface area contributed by atoms with Gasteiger partial charge >= 0.3 is 17.9 Å². The topological polar surface area (TPSA) is 99.1 Å². The van der Waals surface area contributed by atoms with E-state index in [4.69, 9.17) is 14.2 Å². The molecule has 0 aromatic carbocycles. The van der Waals surface area contributed by atoms with E-state index in [1.54, 1.807) is 0 Å². The lowest BCUT2D eigenvalue weighted by Gasteiger charge is -2.31. The Morgan fingerprint density at radius 2 is 0.935 bits per heavy atom. The number of ether oxygens (including phenoxy) is 3. The van der Waals surface area contributed by atoms with Gasteiger partial charge in [0.15, 0.2) is 12.1 Å². The van der Waals surface area contributed by atoms with Crippen LogP contribution in [0.1, 0.15) is 149 Å². The summed E-state index contributed by atoms with van der Waals surface area (Å²) in [5, 5.41) is 9.63. The molecule has 0 aliphatic rings. The van der Waals surface area contributed by atoms with Crippen LogP contribution in [0, 0.1) is 0 Å². The van der Waals surface area contributed by atoms with E-state index in [1.807, 2.05) is 69.8 Å². The van der Waals surface area contributed by atoms with Crippen molar-refractivity contribution in [2.24, 2.45) is 0 Å². The van der Waals surface area contributed by atoms with Gasteiger partial charge in [0.05, 0.1) is 34.4 Å². The van der Waals surface area contributed by atoms with Gasteiger partial charge in [0.2, 0.25) is 0 Å². The highest BCUT2D eigenvalue weighted by atomic mass is 16.6. The van der Waals surface area contributed by atoms with Crippen molar-refractivity contribution in [1.29, 1.82) is 0 Å². The fourth-order valence-corrected chi connectivity index (χ4v) is 6.14. The van der Waals surface area contributed by atoms with Crippen molar-refractivity contribution >= 4 is 17.9 Å². The number of hydrogen-bond donors (Lipinski definition) is 1. The van der Waals surface area contributed by atoms with Crippen molar-refractivity contribution in [3.63, 3.8) is 0 Å². The number of unbranched alkanes of at least 4 members (excludes halogenated alkanes) is 10. The van der Waals surface area contributed by atoms with Gasteiger partial charge in [-0.25, -0.2) is 4.79 Å². The van der Waals surface area contributed by atoms with Crippen LogP contribution in [0.4, 0.5) is 0 Å². The Morgan fingerprint density at radius 3 is 1.47 bits per heavy atom. The molecule has 0 saturated heterocycles. The monoisotopic (exact) mass is 861 g/mol. The van der Waals surface area contributed by atoms with Crippen LogP contribution in [0.2, 0.25) is 0 Å². The summed E-state index contributed by atoms with van der Waals surface area (Å²) in [5.41, 5.74) is 0. The lowest BCUT2D eigenvalue weighted by molar-refractivity contribution is -0.887. The summed E-state index contributed by atoms with van der Waals surface area (Å²) in [5.74, 6) is -1.56. The van der Waals surface area contributed by atoms with Gasteiger partial charge in [0.25, 0.3) is 0 Å². The van der Waals surface area contributed by atoms with Crippen molar-refractivity contribution in [3.8, 4) is 0 Å². The van der Waals surface area contributed by atoms with Gasteiger partial charge in [-0.15, -0.1) is 0 Å². The van der Waals surface area contributed by atoms with Crippen LogP contribution in [0.25, 0.3) is 0 Å². The number of esters is 2. The molecule has 0 aliphatic carbocycles. The maximum atomic E-state index is 12.7. The zero-order chi connectivity index (χ0) is 45.6. The van der Waals surface area contributed by atoms with Crippen LogP contribution in [0.15, 0.2) is 122 Å². The minimum atomic E-state index is -0.890. The smallest absolute Gasteiger partial charge is 0.362 e. The van der Waals surface area contributed by atoms with E-state index < -0.39 is 18.1 Å². The van der Waals surface area contributed by atoms with Gasteiger partial charge in [-0.1, -0.05) is 174 Å². The third kappa shape index (κ3) is 41.1. The van der Waals surface area contributed by atoms with Crippen molar-refractivity contribution in [3.05, 3.63) is 122 Å². The summed E-state index contributed by atoms with van der Waals surface area (Å²) < 4.78 is 17.2. The second-order valence-corrected chi connectivity index (χ2v) is 16.4. The Labute approximate surface area is 378 Å². The Bertz CT molecular complexity index is 1420. The molecule has 8 nitrogen and oxygen atoms in total. The highest BCUT2D eigenvalue weighted by molar-refractivity contribution is 5.72. The van der Waals surface area contributed by atoms with Crippen LogP contribution in [-0.4, -0.2) is 80.6 Å². The largest absolute Gasteiger partial charge is 0.477 e. The van der Waals surface area contributed by atoms with Gasteiger partial charge < -0.3 is 23.8 Å². The lowest BCUT2D eigenvalue weighted by Crippen LogP contribution is -2.50. The van der Waals surface area contributed by atoms with E-state index >= 15 is 0 Å². The number of allylic oxidation sites excluding steroid dienone is 20. The predicted octanol–water partition coefficient (Wildman–Crippen LogP) is 13.4. The molecule has 62 heavy (non-hydrogen) atoms. The highest BCUT2D eigenvalue weighted by Crippen LogP contribution is 2.13. The second-order valence-electron chi connectivity index (χ2n) is 16.4. The zero-order valence-electron chi connectivity index (χ0n) is 39.5. The van der Waals surface area contributed by atoms with Gasteiger partial charge in [0, 0.05) is 19.3 Å². The molecule has 0 aromatic rings. The average molecular weight is 861 g/mol. The first-order valence-corrected chi connectivity index (χ1v) is 23.6. The molecule has 0 amide bonds. The molecule has 0 bridgehead atoms. The molecule has 0 rings (SSSR count). The zero-order valence-corrected chi connectivity index (χ0v) is 39.5. The van der Waals surface area contributed by atoms with E-state index in [-0.39, 0.29) is 42.7 Å². The molecule has 1 N–H and O–H groups in total. The number of nitrogens with zero attached hydrogens (tertiary/aromatic N) is 1. The number of carbonyl (C=O) groups excluding carboxylic acids is 2. The van der Waals surface area contributed by atoms with Crippen LogP contribution in [-0.2, 0) is 28.6 Å². The number of rotatable bonds is 40. The molecular weight excluding hydrogens is 775 g/mol. The summed E-state index contributed by atoms with van der Waals surface area (Å²) in [6, 6.07) is -0.633. The number of likely N-dealkylation sites (N-methyl/N-ethyl adjacent to an activating group) is 1. The summed E-state index contributed by atoms with van der Waals surface area (Å²) >= 11 is 0. The molecule has 0 aromatic heterocycles. The first-order valence-electron chi connectivity index (χ1n) is 23.6. The molecule has 0 spiro atoms. The van der Waals surface area contributed by atoms with E-state index in [0.717, 1.165) is 89.9 Å². The van der Waals surface area contributed by atoms with E-state index in [9.17, 15) is 19.5 Å². The van der Waals surface area contributed by atoms with Crippen molar-refractivity contribution in [1.82, 2.24) is 0 Å². The fraction of sp³-hybridized carbons (Fsp3) is 0.574. The maximum Gasteiger partial charge on any atom is 0.362 e. The Hall–Kier alpha value is -4.27. The molecule has 0 radical (unpaired) electrons. The quantitative estimate of drug-likeness (QED) is 0.0215. The van der Waals surface area contributed by atoms with Crippen LogP contribution >= 0.6 is 0 Å². The fourth-order valence-electron chi connectivity index (χ4n) is 6.14. The lowest BCUT2D eigenvalue weighted by atomic mass is 10.1. The minimum Gasteiger partial charge on any atom is -0.477 e. The van der Waals surface area contributed by atoms with Gasteiger partial charge in [-0.3, -0.25) is 9.59 Å². The second kappa shape index (κ2) is 43.4. The Kier molecular flexibility index (Phi) is 40.4. The predicted molar refractivity (Wildman–Crippen MR) is 261 cm³/mol.